The Labute approximate surface area is 343 Å². The molecule has 0 bridgehead atoms. The molecule has 300 valence electrons. The Morgan fingerprint density at radius 2 is 1.36 bits per heavy atom. The lowest BCUT2D eigenvalue weighted by Gasteiger charge is -2.28. The summed E-state index contributed by atoms with van der Waals surface area (Å²) in [7, 11) is 0. The number of hydrogen-bond acceptors (Lipinski definition) is 6. The van der Waals surface area contributed by atoms with E-state index in [1.165, 1.54) is 5.56 Å². The van der Waals surface area contributed by atoms with Gasteiger partial charge >= 0.3 is 6.09 Å². The van der Waals surface area contributed by atoms with E-state index in [4.69, 9.17) is 9.97 Å². The number of rotatable bonds is 11. The first-order chi connectivity index (χ1) is 28.9. The van der Waals surface area contributed by atoms with Gasteiger partial charge in [0.15, 0.2) is 0 Å². The van der Waals surface area contributed by atoms with Crippen molar-refractivity contribution in [1.29, 1.82) is 0 Å². The molecule has 3 amide bonds. The molecule has 9 rings (SSSR count). The van der Waals surface area contributed by atoms with Crippen LogP contribution >= 0.6 is 0 Å². The van der Waals surface area contributed by atoms with Gasteiger partial charge in [0.1, 0.15) is 17.7 Å². The molecule has 0 radical (unpaired) electrons. The Morgan fingerprint density at radius 3 is 2.05 bits per heavy atom. The van der Waals surface area contributed by atoms with E-state index in [0.717, 1.165) is 97.7 Å². The van der Waals surface area contributed by atoms with Crippen LogP contribution in [0.5, 0.6) is 0 Å². The van der Waals surface area contributed by atoms with Gasteiger partial charge in [-0.3, -0.25) is 14.5 Å². The minimum atomic E-state index is -1.25. The largest absolute Gasteiger partial charge is 0.465 e. The van der Waals surface area contributed by atoms with Crippen molar-refractivity contribution in [2.45, 2.75) is 56.8 Å². The highest BCUT2D eigenvalue weighted by molar-refractivity contribution is 5.87. The average Bonchev–Trinajstić information content (AvgIpc) is 4.13. The molecule has 4 aromatic carbocycles. The number of likely N-dealkylation sites (tertiary alicyclic amines) is 3. The van der Waals surface area contributed by atoms with E-state index in [0.29, 0.717) is 17.9 Å². The number of nitrogens with one attached hydrogen (secondary N) is 3. The number of aromatic amines is 2. The van der Waals surface area contributed by atoms with Crippen LogP contribution in [0.3, 0.4) is 0 Å². The van der Waals surface area contributed by atoms with E-state index in [2.05, 4.69) is 85.7 Å². The Balaban J connectivity index is 0.827. The second-order valence-corrected chi connectivity index (χ2v) is 15.9. The number of carbonyl (C=O) groups is 3. The van der Waals surface area contributed by atoms with Crippen LogP contribution in [-0.4, -0.2) is 83.8 Å². The summed E-state index contributed by atoms with van der Waals surface area (Å²) in [5.41, 5.74) is 7.72. The molecule has 6 aromatic rings. The maximum atomic E-state index is 13.8. The highest BCUT2D eigenvalue weighted by Crippen LogP contribution is 2.36. The van der Waals surface area contributed by atoms with E-state index >= 15 is 0 Å². The summed E-state index contributed by atoms with van der Waals surface area (Å²) in [6.45, 7) is 3.92. The van der Waals surface area contributed by atoms with Crippen LogP contribution in [-0.2, 0) is 16.1 Å². The van der Waals surface area contributed by atoms with Gasteiger partial charge in [0, 0.05) is 37.9 Å². The zero-order valence-corrected chi connectivity index (χ0v) is 32.8. The summed E-state index contributed by atoms with van der Waals surface area (Å²) in [5.74, 6) is 1.52. The number of carboxylic acid groups (broad SMARTS) is 1. The molecule has 5 heterocycles. The molecule has 3 fully saturated rings. The Morgan fingerprint density at radius 1 is 0.729 bits per heavy atom. The van der Waals surface area contributed by atoms with Crippen molar-refractivity contribution >= 4 is 17.9 Å². The monoisotopic (exact) mass is 788 g/mol. The third-order valence-electron chi connectivity index (χ3n) is 12.1. The van der Waals surface area contributed by atoms with Crippen molar-refractivity contribution < 1.29 is 19.5 Å². The van der Waals surface area contributed by atoms with Crippen LogP contribution in [0.15, 0.2) is 122 Å². The number of carbonyl (C=O) groups excluding carboxylic acids is 2. The minimum Gasteiger partial charge on any atom is -0.465 e. The van der Waals surface area contributed by atoms with Crippen LogP contribution in [0.2, 0.25) is 0 Å². The molecule has 12 nitrogen and oxygen atoms in total. The van der Waals surface area contributed by atoms with Crippen LogP contribution in [0.25, 0.3) is 33.6 Å². The number of H-pyrrole nitrogens is 2. The van der Waals surface area contributed by atoms with Crippen molar-refractivity contribution in [3.63, 3.8) is 0 Å². The van der Waals surface area contributed by atoms with Crippen molar-refractivity contribution in [1.82, 2.24) is 40.0 Å². The van der Waals surface area contributed by atoms with E-state index in [-0.39, 0.29) is 29.8 Å². The average molecular weight is 789 g/mol. The third-order valence-corrected chi connectivity index (χ3v) is 12.1. The lowest BCUT2D eigenvalue weighted by Crippen LogP contribution is -2.42. The van der Waals surface area contributed by atoms with Crippen LogP contribution < -0.4 is 5.32 Å². The standard InChI is InChI=1S/C47H48N8O4/c56-45(37-23-26-53(30-37)29-31-9-3-1-4-10-31)54-24-7-13-40(54)43-48-27-38(50-43)34-19-15-32(16-20-34)33-17-21-35(22-18-33)39-28-49-44(51-39)41-14-8-25-55(41)46(57)42(52-47(58)59)36-11-5-2-6-12-36/h1-6,9-12,15-22,27-28,37,40-42,52H,7-8,13-14,23-26,29-30H2,(H,48,50)(H,49,51)(H,58,59)/t37-,40+,41+,42-/m1/s1. The number of aromatic nitrogens is 4. The van der Waals surface area contributed by atoms with Gasteiger partial charge in [-0.15, -0.1) is 0 Å². The molecule has 4 atom stereocenters. The van der Waals surface area contributed by atoms with E-state index < -0.39 is 12.1 Å². The highest BCUT2D eigenvalue weighted by Gasteiger charge is 2.39. The fourth-order valence-corrected chi connectivity index (χ4v) is 9.09. The lowest BCUT2D eigenvalue weighted by molar-refractivity contribution is -0.136. The second kappa shape index (κ2) is 16.8. The Kier molecular flexibility index (Phi) is 10.8. The number of benzene rings is 4. The molecule has 0 saturated carbocycles. The van der Waals surface area contributed by atoms with E-state index in [1.54, 1.807) is 29.2 Å². The maximum absolute atomic E-state index is 13.8. The summed E-state index contributed by atoms with van der Waals surface area (Å²) >= 11 is 0. The number of imidazole rings is 2. The SMILES string of the molecule is O=C(O)N[C@@H](C(=O)N1CCC[C@H]1c1nc(-c2ccc(-c3ccc(-c4cnc([C@@H]5CCCN5C(=O)[C@@H]5CCN(Cc6ccccc6)C5)[nH]4)cc3)cc2)c[nH]1)c1ccccc1. The predicted octanol–water partition coefficient (Wildman–Crippen LogP) is 7.99. The second-order valence-electron chi connectivity index (χ2n) is 15.9. The van der Waals surface area contributed by atoms with E-state index in [9.17, 15) is 19.5 Å². The molecule has 0 aliphatic carbocycles. The van der Waals surface area contributed by atoms with E-state index in [1.807, 2.05) is 36.7 Å². The first kappa shape index (κ1) is 38.0. The molecule has 3 aliphatic heterocycles. The van der Waals surface area contributed by atoms with Gasteiger partial charge < -0.3 is 30.2 Å². The number of nitrogens with zero attached hydrogens (tertiary/aromatic N) is 5. The van der Waals surface area contributed by atoms with Crippen molar-refractivity contribution in [3.05, 3.63) is 144 Å². The fourth-order valence-electron chi connectivity index (χ4n) is 9.09. The predicted molar refractivity (Wildman–Crippen MR) is 225 cm³/mol. The molecule has 0 spiro atoms. The van der Waals surface area contributed by atoms with Gasteiger partial charge in [-0.1, -0.05) is 109 Å². The molecule has 3 aliphatic rings. The number of amides is 3. The Bertz CT molecular complexity index is 2400. The van der Waals surface area contributed by atoms with Crippen molar-refractivity contribution in [3.8, 4) is 33.6 Å². The third kappa shape index (κ3) is 8.13. The highest BCUT2D eigenvalue weighted by atomic mass is 16.4. The molecule has 4 N–H and O–H groups in total. The van der Waals surface area contributed by atoms with Gasteiger partial charge in [-0.05, 0) is 66.5 Å². The summed E-state index contributed by atoms with van der Waals surface area (Å²) < 4.78 is 0. The Hall–Kier alpha value is -6.53. The molecule has 2 aromatic heterocycles. The topological polar surface area (TPSA) is 151 Å². The smallest absolute Gasteiger partial charge is 0.405 e. The first-order valence-electron chi connectivity index (χ1n) is 20.6. The molecule has 3 saturated heterocycles. The summed E-state index contributed by atoms with van der Waals surface area (Å²) in [4.78, 5) is 61.9. The molecule has 0 unspecified atom stereocenters. The summed E-state index contributed by atoms with van der Waals surface area (Å²) in [6.07, 6.45) is 6.81. The zero-order chi connectivity index (χ0) is 40.3. The summed E-state index contributed by atoms with van der Waals surface area (Å²) in [5, 5.41) is 11.9. The molecule has 12 heteroatoms. The van der Waals surface area contributed by atoms with Gasteiger partial charge in [0.25, 0.3) is 5.91 Å². The molecular formula is C47H48N8O4. The van der Waals surface area contributed by atoms with Gasteiger partial charge in [-0.25, -0.2) is 14.8 Å². The van der Waals surface area contributed by atoms with Gasteiger partial charge in [-0.2, -0.15) is 0 Å². The maximum Gasteiger partial charge on any atom is 0.405 e. The van der Waals surface area contributed by atoms with Gasteiger partial charge in [0.05, 0.1) is 35.6 Å². The van der Waals surface area contributed by atoms with Crippen LogP contribution in [0.4, 0.5) is 4.79 Å². The lowest BCUT2D eigenvalue weighted by atomic mass is 10.0. The fraction of sp³-hybridized carbons (Fsp3) is 0.298. The zero-order valence-electron chi connectivity index (χ0n) is 32.8. The van der Waals surface area contributed by atoms with Crippen LogP contribution in [0, 0.1) is 5.92 Å². The number of hydrogen-bond donors (Lipinski definition) is 4. The normalized spacial score (nSPS) is 19.9. The first-order valence-corrected chi connectivity index (χ1v) is 20.6. The van der Waals surface area contributed by atoms with Crippen molar-refractivity contribution in [2.75, 3.05) is 26.2 Å². The minimum absolute atomic E-state index is 0.0248. The quantitative estimate of drug-likeness (QED) is 0.104. The molecule has 59 heavy (non-hydrogen) atoms. The van der Waals surface area contributed by atoms with Crippen LogP contribution in [0.1, 0.15) is 73.0 Å². The molecular weight excluding hydrogens is 741 g/mol. The van der Waals surface area contributed by atoms with Crippen molar-refractivity contribution in [2.24, 2.45) is 5.92 Å². The van der Waals surface area contributed by atoms with Gasteiger partial charge in [0.2, 0.25) is 5.91 Å². The summed E-state index contributed by atoms with van der Waals surface area (Å²) in [6, 6.07) is 34.8.